The van der Waals surface area contributed by atoms with Gasteiger partial charge in [-0.2, -0.15) is 5.10 Å². The van der Waals surface area contributed by atoms with Crippen LogP contribution >= 0.6 is 24.0 Å². The van der Waals surface area contributed by atoms with Gasteiger partial charge in [-0.25, -0.2) is 0 Å². The molecule has 1 atom stereocenters. The molecule has 1 fully saturated rings. The van der Waals surface area contributed by atoms with Crippen LogP contribution in [0.4, 0.5) is 11.4 Å². The van der Waals surface area contributed by atoms with Crippen molar-refractivity contribution in [2.75, 3.05) is 10.6 Å². The fourth-order valence-electron chi connectivity index (χ4n) is 2.70. The second-order valence-electron chi connectivity index (χ2n) is 6.84. The van der Waals surface area contributed by atoms with Crippen molar-refractivity contribution in [3.63, 3.8) is 0 Å². The number of aromatic nitrogens is 2. The van der Waals surface area contributed by atoms with Gasteiger partial charge in [0.05, 0.1) is 21.9 Å². The molecule has 1 heterocycles. The van der Waals surface area contributed by atoms with Gasteiger partial charge in [0.2, 0.25) is 11.8 Å². The molecule has 0 bridgehead atoms. The minimum atomic E-state index is -0.755. The number of nitrogens with one attached hydrogen (secondary N) is 2. The summed E-state index contributed by atoms with van der Waals surface area (Å²) >= 11 is 6.25. The second kappa shape index (κ2) is 7.88. The average molecular weight is 412 g/mol. The second-order valence-corrected chi connectivity index (χ2v) is 7.25. The van der Waals surface area contributed by atoms with Crippen LogP contribution in [0.5, 0.6) is 0 Å². The van der Waals surface area contributed by atoms with Crippen molar-refractivity contribution in [3.05, 3.63) is 40.7 Å². The Hall–Kier alpha value is -2.09. The van der Waals surface area contributed by atoms with E-state index in [2.05, 4.69) is 15.7 Å². The molecule has 0 radical (unpaired) electrons. The van der Waals surface area contributed by atoms with E-state index in [0.29, 0.717) is 29.2 Å². The number of nitrogens with zero attached hydrogens (tertiary/aromatic N) is 2. The molecule has 7 nitrogen and oxygen atoms in total. The number of hydrogen-bond acceptors (Lipinski definition) is 4. The zero-order chi connectivity index (χ0) is 19.1. The topological polar surface area (TPSA) is 102 Å². The summed E-state index contributed by atoms with van der Waals surface area (Å²) in [6, 6.07) is 6.36. The number of aryl methyl sites for hydroxylation is 2. The quantitative estimate of drug-likeness (QED) is 0.702. The first-order valence-corrected chi connectivity index (χ1v) is 8.81. The van der Waals surface area contributed by atoms with E-state index in [9.17, 15) is 9.59 Å². The number of amides is 2. The van der Waals surface area contributed by atoms with Gasteiger partial charge >= 0.3 is 0 Å². The Bertz CT molecular complexity index is 877. The number of hydrogen-bond donors (Lipinski definition) is 3. The molecule has 2 aromatic rings. The van der Waals surface area contributed by atoms with E-state index in [1.165, 1.54) is 0 Å². The first-order chi connectivity index (χ1) is 12.2. The van der Waals surface area contributed by atoms with Crippen molar-refractivity contribution in [1.29, 1.82) is 0 Å². The van der Waals surface area contributed by atoms with Crippen molar-refractivity contribution in [3.8, 4) is 0 Å². The van der Waals surface area contributed by atoms with Crippen LogP contribution in [0.25, 0.3) is 0 Å². The van der Waals surface area contributed by atoms with Gasteiger partial charge in [-0.1, -0.05) is 11.6 Å². The Morgan fingerprint density at radius 3 is 2.44 bits per heavy atom. The molecule has 1 unspecified atom stereocenters. The number of nitrogens with two attached hydrogens (primary N) is 1. The Morgan fingerprint density at radius 1 is 1.26 bits per heavy atom. The van der Waals surface area contributed by atoms with Crippen LogP contribution in [-0.4, -0.2) is 27.1 Å². The minimum Gasteiger partial charge on any atom is -0.324 e. The van der Waals surface area contributed by atoms with Crippen molar-refractivity contribution in [2.45, 2.75) is 45.2 Å². The van der Waals surface area contributed by atoms with Crippen LogP contribution in [0.2, 0.25) is 5.02 Å². The Morgan fingerprint density at radius 2 is 1.93 bits per heavy atom. The van der Waals surface area contributed by atoms with Crippen molar-refractivity contribution in [2.24, 2.45) is 5.73 Å². The van der Waals surface area contributed by atoms with Gasteiger partial charge in [-0.15, -0.1) is 12.4 Å². The lowest BCUT2D eigenvalue weighted by atomic mass is 10.2. The summed E-state index contributed by atoms with van der Waals surface area (Å²) < 4.78 is 1.67. The summed E-state index contributed by atoms with van der Waals surface area (Å²) in [6.07, 6.45) is 1.37. The first-order valence-electron chi connectivity index (χ1n) is 8.43. The molecule has 1 aliphatic carbocycles. The van der Waals surface area contributed by atoms with E-state index in [0.717, 1.165) is 11.4 Å². The number of rotatable bonds is 5. The lowest BCUT2D eigenvalue weighted by molar-refractivity contribution is -0.119. The highest BCUT2D eigenvalue weighted by atomic mass is 35.5. The zero-order valence-electron chi connectivity index (χ0n) is 15.4. The van der Waals surface area contributed by atoms with Crippen LogP contribution in [0.1, 0.15) is 37.2 Å². The Balaban J connectivity index is 0.00000261. The molecule has 1 aromatic carbocycles. The predicted molar refractivity (Wildman–Crippen MR) is 109 cm³/mol. The van der Waals surface area contributed by atoms with Crippen LogP contribution in [0, 0.1) is 13.8 Å². The maximum atomic E-state index is 12.5. The third-order valence-electron chi connectivity index (χ3n) is 4.52. The SMILES string of the molecule is Cc1cc(C)n(C(C)C(=O)Nc2ccc(NC(=O)C3(N)CC3)cc2Cl)n1.Cl. The highest BCUT2D eigenvalue weighted by Gasteiger charge is 2.45. The van der Waals surface area contributed by atoms with E-state index in [1.54, 1.807) is 29.8 Å². The van der Waals surface area contributed by atoms with Gasteiger partial charge in [0.1, 0.15) is 6.04 Å². The molecule has 146 valence electrons. The molecule has 9 heteroatoms. The summed E-state index contributed by atoms with van der Waals surface area (Å²) in [5, 5.41) is 10.2. The molecule has 1 aromatic heterocycles. The van der Waals surface area contributed by atoms with Crippen LogP contribution < -0.4 is 16.4 Å². The van der Waals surface area contributed by atoms with Crippen LogP contribution in [0.15, 0.2) is 24.3 Å². The monoisotopic (exact) mass is 411 g/mol. The molecule has 1 saturated carbocycles. The minimum absolute atomic E-state index is 0. The van der Waals surface area contributed by atoms with Crippen LogP contribution in [0.3, 0.4) is 0 Å². The van der Waals surface area contributed by atoms with E-state index >= 15 is 0 Å². The Labute approximate surface area is 169 Å². The van der Waals surface area contributed by atoms with Crippen molar-refractivity contribution < 1.29 is 9.59 Å². The molecule has 4 N–H and O–H groups in total. The maximum absolute atomic E-state index is 12.5. The van der Waals surface area contributed by atoms with Gasteiger partial charge in [0.25, 0.3) is 0 Å². The number of benzene rings is 1. The number of anilines is 2. The summed E-state index contributed by atoms with van der Waals surface area (Å²) in [5.41, 5.74) is 7.88. The molecule has 1 aliphatic rings. The summed E-state index contributed by atoms with van der Waals surface area (Å²) in [4.78, 5) is 24.5. The number of halogens is 2. The largest absolute Gasteiger partial charge is 0.324 e. The van der Waals surface area contributed by atoms with E-state index in [-0.39, 0.29) is 24.2 Å². The van der Waals surface area contributed by atoms with Gasteiger partial charge in [0.15, 0.2) is 0 Å². The number of carbonyl (C=O) groups excluding carboxylic acids is 2. The smallest absolute Gasteiger partial charge is 0.248 e. The third-order valence-corrected chi connectivity index (χ3v) is 4.83. The molecule has 0 spiro atoms. The van der Waals surface area contributed by atoms with Crippen LogP contribution in [-0.2, 0) is 9.59 Å². The molecule has 0 aliphatic heterocycles. The van der Waals surface area contributed by atoms with Gasteiger partial charge in [0, 0.05) is 11.4 Å². The summed E-state index contributed by atoms with van der Waals surface area (Å²) in [7, 11) is 0. The third kappa shape index (κ3) is 4.61. The molecule has 3 rings (SSSR count). The molecular weight excluding hydrogens is 389 g/mol. The maximum Gasteiger partial charge on any atom is 0.248 e. The standard InChI is InChI=1S/C18H22ClN5O2.ClH/c1-10-8-11(2)24(23-10)12(3)16(25)22-15-5-4-13(9-14(15)19)21-17(26)18(20)6-7-18;/h4-5,8-9,12H,6-7,20H2,1-3H3,(H,21,26)(H,22,25);1H. The fraction of sp³-hybridized carbons (Fsp3) is 0.389. The molecule has 27 heavy (non-hydrogen) atoms. The average Bonchev–Trinajstić information content (AvgIpc) is 3.24. The highest BCUT2D eigenvalue weighted by Crippen LogP contribution is 2.34. The first kappa shape index (κ1) is 21.2. The van der Waals surface area contributed by atoms with Gasteiger partial charge in [-0.05, 0) is 57.9 Å². The number of carbonyl (C=O) groups is 2. The van der Waals surface area contributed by atoms with Crippen molar-refractivity contribution >= 4 is 47.2 Å². The summed E-state index contributed by atoms with van der Waals surface area (Å²) in [5.74, 6) is -0.447. The molecule has 2 amide bonds. The van der Waals surface area contributed by atoms with Crippen molar-refractivity contribution in [1.82, 2.24) is 9.78 Å². The predicted octanol–water partition coefficient (Wildman–Crippen LogP) is 3.20. The van der Waals surface area contributed by atoms with Gasteiger partial charge < -0.3 is 16.4 Å². The zero-order valence-corrected chi connectivity index (χ0v) is 16.9. The Kier molecular flexibility index (Phi) is 6.19. The van der Waals surface area contributed by atoms with E-state index < -0.39 is 11.6 Å². The van der Waals surface area contributed by atoms with E-state index in [1.807, 2.05) is 19.9 Å². The molecule has 0 saturated heterocycles. The summed E-state index contributed by atoms with van der Waals surface area (Å²) in [6.45, 7) is 5.55. The molecular formula is C18H23Cl2N5O2. The van der Waals surface area contributed by atoms with E-state index in [4.69, 9.17) is 17.3 Å². The highest BCUT2D eigenvalue weighted by molar-refractivity contribution is 6.34. The lowest BCUT2D eigenvalue weighted by Crippen LogP contribution is -2.37. The normalized spacial score (nSPS) is 15.4. The fourth-order valence-corrected chi connectivity index (χ4v) is 2.93. The van der Waals surface area contributed by atoms with Gasteiger partial charge in [-0.3, -0.25) is 14.3 Å². The lowest BCUT2D eigenvalue weighted by Gasteiger charge is -2.16.